The highest BCUT2D eigenvalue weighted by molar-refractivity contribution is 5.96. The van der Waals surface area contributed by atoms with Crippen LogP contribution in [-0.4, -0.2) is 42.2 Å². The summed E-state index contributed by atoms with van der Waals surface area (Å²) >= 11 is 0. The third kappa shape index (κ3) is 2.97. The molecule has 4 heteroatoms. The lowest BCUT2D eigenvalue weighted by molar-refractivity contribution is 0.0299. The summed E-state index contributed by atoms with van der Waals surface area (Å²) in [4.78, 5) is 14.6. The number of benzene rings is 1. The van der Waals surface area contributed by atoms with E-state index in [1.54, 1.807) is 6.92 Å². The van der Waals surface area contributed by atoms with Crippen molar-refractivity contribution in [2.45, 2.75) is 38.7 Å². The van der Waals surface area contributed by atoms with Crippen LogP contribution in [0.1, 0.15) is 52.9 Å². The number of ether oxygens (including phenoxy) is 1. The molecule has 0 aromatic heterocycles. The zero-order valence-corrected chi connectivity index (χ0v) is 12.6. The highest BCUT2D eigenvalue weighted by atomic mass is 16.5. The second-order valence-electron chi connectivity index (χ2n) is 6.00. The van der Waals surface area contributed by atoms with Crippen LogP contribution in [0.4, 0.5) is 0 Å². The van der Waals surface area contributed by atoms with Crippen molar-refractivity contribution in [3.05, 3.63) is 34.4 Å². The molecule has 1 saturated heterocycles. The van der Waals surface area contributed by atoms with Crippen LogP contribution in [0.3, 0.4) is 0 Å². The Labute approximate surface area is 125 Å². The molecule has 1 aromatic carbocycles. The van der Waals surface area contributed by atoms with Crippen molar-refractivity contribution in [1.82, 2.24) is 4.90 Å². The Kier molecular flexibility index (Phi) is 4.27. The van der Waals surface area contributed by atoms with Crippen LogP contribution in [0, 0.1) is 0 Å². The fraction of sp³-hybridized carbons (Fsp3) is 0.588. The molecule has 1 heterocycles. The Morgan fingerprint density at radius 1 is 1.19 bits per heavy atom. The molecule has 1 aliphatic carbocycles. The third-order valence-corrected chi connectivity index (χ3v) is 4.49. The van der Waals surface area contributed by atoms with Gasteiger partial charge in [0.15, 0.2) is 0 Å². The van der Waals surface area contributed by atoms with Crippen LogP contribution >= 0.6 is 0 Å². The summed E-state index contributed by atoms with van der Waals surface area (Å²) in [7, 11) is 0. The number of hydrogen-bond donors (Lipinski definition) is 1. The maximum absolute atomic E-state index is 12.8. The molecule has 0 unspecified atom stereocenters. The van der Waals surface area contributed by atoms with Gasteiger partial charge in [-0.25, -0.2) is 0 Å². The molecule has 114 valence electrons. The highest BCUT2D eigenvalue weighted by Gasteiger charge is 2.24. The van der Waals surface area contributed by atoms with Gasteiger partial charge >= 0.3 is 0 Å². The fourth-order valence-corrected chi connectivity index (χ4v) is 3.27. The number of hydrogen-bond acceptors (Lipinski definition) is 3. The zero-order valence-electron chi connectivity index (χ0n) is 12.6. The minimum atomic E-state index is -0.614. The number of carbonyl (C=O) groups excluding carboxylic acids is 1. The average Bonchev–Trinajstić information content (AvgIpc) is 2.53. The Morgan fingerprint density at radius 2 is 1.81 bits per heavy atom. The van der Waals surface area contributed by atoms with Gasteiger partial charge in [-0.1, -0.05) is 6.07 Å². The highest BCUT2D eigenvalue weighted by Crippen LogP contribution is 2.29. The number of fused-ring (bicyclic) bond motifs is 1. The smallest absolute Gasteiger partial charge is 0.254 e. The lowest BCUT2D eigenvalue weighted by Gasteiger charge is -2.29. The summed E-state index contributed by atoms with van der Waals surface area (Å²) in [6.07, 6.45) is 3.87. The van der Waals surface area contributed by atoms with Crippen molar-refractivity contribution < 1.29 is 14.6 Å². The van der Waals surface area contributed by atoms with E-state index in [1.165, 1.54) is 24.0 Å². The number of nitrogens with zero attached hydrogens (tertiary/aromatic N) is 1. The van der Waals surface area contributed by atoms with Crippen LogP contribution in [0.5, 0.6) is 0 Å². The van der Waals surface area contributed by atoms with Gasteiger partial charge in [-0.2, -0.15) is 0 Å². The summed E-state index contributed by atoms with van der Waals surface area (Å²) in [5.41, 5.74) is 4.03. The Morgan fingerprint density at radius 3 is 2.43 bits per heavy atom. The third-order valence-electron chi connectivity index (χ3n) is 4.49. The molecule has 1 amide bonds. The maximum Gasteiger partial charge on any atom is 0.254 e. The molecule has 1 N–H and O–H groups in total. The molecule has 1 aromatic rings. The molecular weight excluding hydrogens is 266 g/mol. The fourth-order valence-electron chi connectivity index (χ4n) is 3.27. The molecule has 1 aliphatic heterocycles. The molecule has 3 rings (SSSR count). The molecule has 0 radical (unpaired) electrons. The van der Waals surface area contributed by atoms with E-state index in [2.05, 4.69) is 0 Å². The van der Waals surface area contributed by atoms with E-state index < -0.39 is 6.10 Å². The van der Waals surface area contributed by atoms with Gasteiger partial charge in [-0.15, -0.1) is 0 Å². The lowest BCUT2D eigenvalue weighted by Crippen LogP contribution is -2.41. The Hall–Kier alpha value is -1.39. The van der Waals surface area contributed by atoms with Crippen molar-refractivity contribution in [2.24, 2.45) is 0 Å². The number of amides is 1. The largest absolute Gasteiger partial charge is 0.389 e. The van der Waals surface area contributed by atoms with E-state index in [4.69, 9.17) is 4.74 Å². The summed E-state index contributed by atoms with van der Waals surface area (Å²) in [6.45, 7) is 4.20. The van der Waals surface area contributed by atoms with Crippen molar-refractivity contribution in [2.75, 3.05) is 26.3 Å². The molecular formula is C17H23NO3. The minimum absolute atomic E-state index is 0.0302. The molecule has 4 nitrogen and oxygen atoms in total. The van der Waals surface area contributed by atoms with Gasteiger partial charge in [-0.3, -0.25) is 4.79 Å². The van der Waals surface area contributed by atoms with Gasteiger partial charge in [0.05, 0.1) is 19.3 Å². The van der Waals surface area contributed by atoms with Crippen molar-refractivity contribution in [3.8, 4) is 0 Å². The molecule has 1 atom stereocenters. The van der Waals surface area contributed by atoms with Crippen LogP contribution in [0.15, 0.2) is 12.1 Å². The predicted octanol–water partition coefficient (Wildman–Crippen LogP) is 2.09. The first-order chi connectivity index (χ1) is 10.2. The molecule has 0 spiro atoms. The quantitative estimate of drug-likeness (QED) is 0.907. The standard InChI is InChI=1S/C17H23NO3/c1-12(19)15-10-13-4-2-3-5-14(13)11-16(15)17(20)18-6-8-21-9-7-18/h10-12,19H,2-9H2,1H3/t12-/m0/s1. The Bertz CT molecular complexity index is 533. The molecule has 21 heavy (non-hydrogen) atoms. The van der Waals surface area contributed by atoms with E-state index in [0.29, 0.717) is 31.9 Å². The molecule has 0 saturated carbocycles. The Balaban J connectivity index is 1.97. The average molecular weight is 289 g/mol. The van der Waals surface area contributed by atoms with Crippen LogP contribution < -0.4 is 0 Å². The molecule has 2 aliphatic rings. The summed E-state index contributed by atoms with van der Waals surface area (Å²) < 4.78 is 5.31. The van der Waals surface area contributed by atoms with Crippen molar-refractivity contribution in [3.63, 3.8) is 0 Å². The van der Waals surface area contributed by atoms with E-state index in [0.717, 1.165) is 18.4 Å². The summed E-state index contributed by atoms with van der Waals surface area (Å²) in [5, 5.41) is 10.1. The summed E-state index contributed by atoms with van der Waals surface area (Å²) in [5.74, 6) is 0.0302. The number of aryl methyl sites for hydroxylation is 2. The van der Waals surface area contributed by atoms with Crippen LogP contribution in [-0.2, 0) is 17.6 Å². The normalized spacial score (nSPS) is 20.0. The van der Waals surface area contributed by atoms with Crippen molar-refractivity contribution in [1.29, 1.82) is 0 Å². The SMILES string of the molecule is C[C@H](O)c1cc2c(cc1C(=O)N1CCOCC1)CCCC2. The monoisotopic (exact) mass is 289 g/mol. The lowest BCUT2D eigenvalue weighted by atomic mass is 9.86. The first kappa shape index (κ1) is 14.5. The number of carbonyl (C=O) groups is 1. The predicted molar refractivity (Wildman–Crippen MR) is 80.4 cm³/mol. The van der Waals surface area contributed by atoms with Gasteiger partial charge in [0.1, 0.15) is 0 Å². The number of aliphatic hydroxyl groups excluding tert-OH is 1. The van der Waals surface area contributed by atoms with Gasteiger partial charge in [0.25, 0.3) is 5.91 Å². The van der Waals surface area contributed by atoms with Crippen LogP contribution in [0.2, 0.25) is 0 Å². The van der Waals surface area contributed by atoms with Crippen LogP contribution in [0.25, 0.3) is 0 Å². The van der Waals surface area contributed by atoms with Gasteiger partial charge in [-0.05, 0) is 55.4 Å². The molecule has 1 fully saturated rings. The van der Waals surface area contributed by atoms with Gasteiger partial charge < -0.3 is 14.7 Å². The molecule has 0 bridgehead atoms. The minimum Gasteiger partial charge on any atom is -0.389 e. The van der Waals surface area contributed by atoms with Crippen molar-refractivity contribution >= 4 is 5.91 Å². The second-order valence-corrected chi connectivity index (χ2v) is 6.00. The van der Waals surface area contributed by atoms with Gasteiger partial charge in [0.2, 0.25) is 0 Å². The first-order valence-electron chi connectivity index (χ1n) is 7.87. The number of rotatable bonds is 2. The first-order valence-corrected chi connectivity index (χ1v) is 7.87. The topological polar surface area (TPSA) is 49.8 Å². The van der Waals surface area contributed by atoms with E-state index in [9.17, 15) is 9.90 Å². The number of aliphatic hydroxyl groups is 1. The zero-order chi connectivity index (χ0) is 14.8. The maximum atomic E-state index is 12.8. The van der Waals surface area contributed by atoms with E-state index >= 15 is 0 Å². The second kappa shape index (κ2) is 6.16. The van der Waals surface area contributed by atoms with E-state index in [1.807, 2.05) is 17.0 Å². The van der Waals surface area contributed by atoms with Gasteiger partial charge in [0, 0.05) is 18.7 Å². The summed E-state index contributed by atoms with van der Waals surface area (Å²) in [6, 6.07) is 4.07. The number of morpholine rings is 1. The van der Waals surface area contributed by atoms with E-state index in [-0.39, 0.29) is 5.91 Å².